The molecule has 3 nitrogen and oxygen atoms in total. The van der Waals surface area contributed by atoms with Gasteiger partial charge in [0.1, 0.15) is 0 Å². The van der Waals surface area contributed by atoms with Crippen molar-refractivity contribution in [2.75, 3.05) is 13.1 Å². The lowest BCUT2D eigenvalue weighted by Crippen LogP contribution is -2.37. The van der Waals surface area contributed by atoms with Gasteiger partial charge in [0.25, 0.3) is 5.91 Å². The van der Waals surface area contributed by atoms with Crippen molar-refractivity contribution < 1.29 is 4.79 Å². The van der Waals surface area contributed by atoms with Crippen molar-refractivity contribution in [2.45, 2.75) is 19.8 Å². The molecule has 3 rings (SSSR count). The predicted molar refractivity (Wildman–Crippen MR) is 72.6 cm³/mol. The first-order valence-electron chi connectivity index (χ1n) is 6.60. The standard InChI is InChI=1S/C15H18N2O/c1-11-5-8-17(9-6-11)15(18)13-2-3-14-12(10-13)4-7-16-14/h2-4,7,10-11,16H,5-6,8-9H2,1H3. The maximum Gasteiger partial charge on any atom is 0.253 e. The topological polar surface area (TPSA) is 36.1 Å². The second-order valence-electron chi connectivity index (χ2n) is 5.25. The first-order chi connectivity index (χ1) is 8.74. The number of hydrogen-bond acceptors (Lipinski definition) is 1. The fraction of sp³-hybridized carbons (Fsp3) is 0.400. The Morgan fingerprint density at radius 3 is 2.83 bits per heavy atom. The Labute approximate surface area is 107 Å². The van der Waals surface area contributed by atoms with Crippen LogP contribution >= 0.6 is 0 Å². The van der Waals surface area contributed by atoms with Gasteiger partial charge in [0.2, 0.25) is 0 Å². The number of nitrogens with one attached hydrogen (secondary N) is 1. The van der Waals surface area contributed by atoms with E-state index in [1.807, 2.05) is 35.4 Å². The lowest BCUT2D eigenvalue weighted by atomic mass is 9.98. The van der Waals surface area contributed by atoms with E-state index < -0.39 is 0 Å². The Morgan fingerprint density at radius 1 is 1.28 bits per heavy atom. The molecule has 1 aromatic carbocycles. The van der Waals surface area contributed by atoms with Crippen LogP contribution in [0.5, 0.6) is 0 Å². The average Bonchev–Trinajstić information content (AvgIpc) is 2.86. The van der Waals surface area contributed by atoms with Gasteiger partial charge in [0.05, 0.1) is 0 Å². The van der Waals surface area contributed by atoms with E-state index >= 15 is 0 Å². The molecule has 0 unspecified atom stereocenters. The molecule has 1 amide bonds. The van der Waals surface area contributed by atoms with Gasteiger partial charge in [0, 0.05) is 35.8 Å². The minimum atomic E-state index is 0.171. The number of aromatic amines is 1. The molecule has 0 radical (unpaired) electrons. The Morgan fingerprint density at radius 2 is 2.06 bits per heavy atom. The highest BCUT2D eigenvalue weighted by Crippen LogP contribution is 2.20. The van der Waals surface area contributed by atoms with E-state index in [1.165, 1.54) is 0 Å². The van der Waals surface area contributed by atoms with Gasteiger partial charge in [-0.15, -0.1) is 0 Å². The number of fused-ring (bicyclic) bond motifs is 1. The first-order valence-corrected chi connectivity index (χ1v) is 6.60. The van der Waals surface area contributed by atoms with Crippen molar-refractivity contribution in [3.05, 3.63) is 36.0 Å². The monoisotopic (exact) mass is 242 g/mol. The number of amides is 1. The first kappa shape index (κ1) is 11.3. The number of nitrogens with zero attached hydrogens (tertiary/aromatic N) is 1. The molecular formula is C15H18N2O. The summed E-state index contributed by atoms with van der Waals surface area (Å²) in [5, 5.41) is 1.10. The number of H-pyrrole nitrogens is 1. The zero-order valence-electron chi connectivity index (χ0n) is 10.6. The molecule has 94 valence electrons. The van der Waals surface area contributed by atoms with Crippen molar-refractivity contribution in [3.63, 3.8) is 0 Å². The summed E-state index contributed by atoms with van der Waals surface area (Å²) in [5.74, 6) is 0.922. The normalized spacial score (nSPS) is 17.3. The second-order valence-corrected chi connectivity index (χ2v) is 5.25. The number of carbonyl (C=O) groups excluding carboxylic acids is 1. The summed E-state index contributed by atoms with van der Waals surface area (Å²) in [7, 11) is 0. The Kier molecular flexibility index (Phi) is 2.82. The van der Waals surface area contributed by atoms with Crippen LogP contribution in [0.3, 0.4) is 0 Å². The fourth-order valence-corrected chi connectivity index (χ4v) is 2.58. The van der Waals surface area contributed by atoms with E-state index in [1.54, 1.807) is 0 Å². The highest BCUT2D eigenvalue weighted by Gasteiger charge is 2.21. The third kappa shape index (κ3) is 2.01. The molecule has 1 saturated heterocycles. The molecule has 2 aromatic rings. The van der Waals surface area contributed by atoms with Gasteiger partial charge in [-0.3, -0.25) is 4.79 Å². The molecule has 1 fully saturated rings. The van der Waals surface area contributed by atoms with Gasteiger partial charge in [-0.2, -0.15) is 0 Å². The number of carbonyl (C=O) groups is 1. The number of rotatable bonds is 1. The molecule has 0 spiro atoms. The summed E-state index contributed by atoms with van der Waals surface area (Å²) < 4.78 is 0. The van der Waals surface area contributed by atoms with Crippen molar-refractivity contribution in [1.82, 2.24) is 9.88 Å². The molecule has 0 atom stereocenters. The molecule has 0 saturated carbocycles. The Bertz CT molecular complexity index is 565. The van der Waals surface area contributed by atoms with Crippen LogP contribution in [-0.2, 0) is 0 Å². The number of benzene rings is 1. The zero-order chi connectivity index (χ0) is 12.5. The smallest absolute Gasteiger partial charge is 0.253 e. The number of piperidine rings is 1. The third-order valence-corrected chi connectivity index (χ3v) is 3.87. The highest BCUT2D eigenvalue weighted by molar-refractivity contribution is 5.98. The maximum atomic E-state index is 12.4. The summed E-state index contributed by atoms with van der Waals surface area (Å²) in [5.41, 5.74) is 1.88. The minimum Gasteiger partial charge on any atom is -0.361 e. The molecule has 18 heavy (non-hydrogen) atoms. The van der Waals surface area contributed by atoms with Crippen LogP contribution in [0.15, 0.2) is 30.5 Å². The summed E-state index contributed by atoms with van der Waals surface area (Å²) in [4.78, 5) is 17.5. The molecule has 1 N–H and O–H groups in total. The second kappa shape index (κ2) is 4.48. The van der Waals surface area contributed by atoms with Crippen LogP contribution in [0.2, 0.25) is 0 Å². The van der Waals surface area contributed by atoms with E-state index in [9.17, 15) is 4.79 Å². The lowest BCUT2D eigenvalue weighted by Gasteiger charge is -2.30. The highest BCUT2D eigenvalue weighted by atomic mass is 16.2. The van der Waals surface area contributed by atoms with Crippen LogP contribution < -0.4 is 0 Å². The van der Waals surface area contributed by atoms with Gasteiger partial charge >= 0.3 is 0 Å². The van der Waals surface area contributed by atoms with Crippen LogP contribution in [0.25, 0.3) is 10.9 Å². The molecule has 1 aromatic heterocycles. The lowest BCUT2D eigenvalue weighted by molar-refractivity contribution is 0.0697. The molecular weight excluding hydrogens is 224 g/mol. The minimum absolute atomic E-state index is 0.171. The molecule has 1 aliphatic rings. The van der Waals surface area contributed by atoms with Crippen molar-refractivity contribution in [3.8, 4) is 0 Å². The number of hydrogen-bond donors (Lipinski definition) is 1. The molecule has 0 bridgehead atoms. The van der Waals surface area contributed by atoms with Gasteiger partial charge in [0.15, 0.2) is 0 Å². The average molecular weight is 242 g/mol. The van der Waals surface area contributed by atoms with E-state index in [0.717, 1.165) is 48.3 Å². The zero-order valence-corrected chi connectivity index (χ0v) is 10.6. The summed E-state index contributed by atoms with van der Waals surface area (Å²) in [6, 6.07) is 7.88. The van der Waals surface area contributed by atoms with Crippen LogP contribution in [0.4, 0.5) is 0 Å². The SMILES string of the molecule is CC1CCN(C(=O)c2ccc3[nH]ccc3c2)CC1. The van der Waals surface area contributed by atoms with Gasteiger partial charge < -0.3 is 9.88 Å². The fourth-order valence-electron chi connectivity index (χ4n) is 2.58. The molecule has 2 heterocycles. The maximum absolute atomic E-state index is 12.4. The van der Waals surface area contributed by atoms with E-state index in [0.29, 0.717) is 0 Å². The van der Waals surface area contributed by atoms with Gasteiger partial charge in [-0.25, -0.2) is 0 Å². The largest absolute Gasteiger partial charge is 0.361 e. The van der Waals surface area contributed by atoms with Crippen molar-refractivity contribution >= 4 is 16.8 Å². The summed E-state index contributed by atoms with van der Waals surface area (Å²) >= 11 is 0. The molecule has 0 aliphatic carbocycles. The van der Waals surface area contributed by atoms with E-state index in [4.69, 9.17) is 0 Å². The van der Waals surface area contributed by atoms with Crippen molar-refractivity contribution in [1.29, 1.82) is 0 Å². The quantitative estimate of drug-likeness (QED) is 0.819. The molecule has 1 aliphatic heterocycles. The van der Waals surface area contributed by atoms with Crippen LogP contribution in [0, 0.1) is 5.92 Å². The van der Waals surface area contributed by atoms with Gasteiger partial charge in [-0.05, 0) is 43.0 Å². The number of aromatic nitrogens is 1. The molecule has 3 heteroatoms. The summed E-state index contributed by atoms with van der Waals surface area (Å²) in [6.07, 6.45) is 4.15. The Hall–Kier alpha value is -1.77. The Balaban J connectivity index is 1.82. The third-order valence-electron chi connectivity index (χ3n) is 3.87. The predicted octanol–water partition coefficient (Wildman–Crippen LogP) is 3.04. The van der Waals surface area contributed by atoms with E-state index in [-0.39, 0.29) is 5.91 Å². The number of likely N-dealkylation sites (tertiary alicyclic amines) is 1. The van der Waals surface area contributed by atoms with E-state index in [2.05, 4.69) is 11.9 Å². The summed E-state index contributed by atoms with van der Waals surface area (Å²) in [6.45, 7) is 4.05. The van der Waals surface area contributed by atoms with Crippen LogP contribution in [-0.4, -0.2) is 28.9 Å². The van der Waals surface area contributed by atoms with Gasteiger partial charge in [-0.1, -0.05) is 6.92 Å². The van der Waals surface area contributed by atoms with Crippen molar-refractivity contribution in [2.24, 2.45) is 5.92 Å². The van der Waals surface area contributed by atoms with Crippen LogP contribution in [0.1, 0.15) is 30.1 Å².